The van der Waals surface area contributed by atoms with Gasteiger partial charge in [0.2, 0.25) is 0 Å². The average molecular weight is 435 g/mol. The van der Waals surface area contributed by atoms with Crippen molar-refractivity contribution in [1.29, 1.82) is 0 Å². The number of nitrogens with one attached hydrogen (secondary N) is 1. The summed E-state index contributed by atoms with van der Waals surface area (Å²) in [5.41, 5.74) is 3.20. The van der Waals surface area contributed by atoms with Crippen LogP contribution in [0.25, 0.3) is 0 Å². The van der Waals surface area contributed by atoms with E-state index in [0.29, 0.717) is 18.1 Å². The van der Waals surface area contributed by atoms with Crippen LogP contribution in [-0.4, -0.2) is 58.7 Å². The number of nitrogens with zero attached hydrogens (tertiary/aromatic N) is 3. The van der Waals surface area contributed by atoms with E-state index in [1.165, 1.54) is 31.4 Å². The lowest BCUT2D eigenvalue weighted by molar-refractivity contribution is 0.0690. The Balaban J connectivity index is 1.47. The smallest absolute Gasteiger partial charge is 0.124 e. The first-order valence-electron chi connectivity index (χ1n) is 11.0. The van der Waals surface area contributed by atoms with Gasteiger partial charge in [0.15, 0.2) is 0 Å². The molecule has 1 aromatic heterocycles. The third-order valence-electron chi connectivity index (χ3n) is 5.54. The molecule has 1 aliphatic rings. The molecule has 1 aliphatic heterocycles. The summed E-state index contributed by atoms with van der Waals surface area (Å²) in [5.74, 6) is 0.771. The Labute approximate surface area is 185 Å². The fourth-order valence-corrected chi connectivity index (χ4v) is 4.19. The number of β-amino-alcohol motifs (C(OH)–C–C–N with tert-alkyl or cyclic N) is 1. The van der Waals surface area contributed by atoms with E-state index < -0.39 is 6.10 Å². The Morgan fingerprint density at radius 2 is 1.93 bits per heavy atom. The molecule has 166 valence electrons. The molecule has 1 saturated heterocycles. The van der Waals surface area contributed by atoms with Crippen molar-refractivity contribution in [1.82, 2.24) is 20.0 Å². The second-order valence-electron chi connectivity index (χ2n) is 8.26. The number of benzene rings is 1. The summed E-state index contributed by atoms with van der Waals surface area (Å²) in [5, 5.41) is 19.1. The summed E-state index contributed by atoms with van der Waals surface area (Å²) in [7, 11) is 0. The summed E-state index contributed by atoms with van der Waals surface area (Å²) in [4.78, 5) is 2.35. The second kappa shape index (κ2) is 11.7. The number of ether oxygens (including phenoxy) is 1. The number of hydrogen-bond acceptors (Lipinski definition) is 5. The minimum atomic E-state index is -0.495. The molecule has 2 aromatic rings. The van der Waals surface area contributed by atoms with Gasteiger partial charge in [0.1, 0.15) is 18.5 Å². The minimum Gasteiger partial charge on any atom is -0.491 e. The van der Waals surface area contributed by atoms with Gasteiger partial charge in [0.05, 0.1) is 12.2 Å². The standard InChI is InChI=1S/C23H35ClN4O2/c1-18-13-19(2)28(26-18)12-9-25-15-20-14-21(24)7-8-23(20)30-17-22(29)16-27-10-5-3-4-6-11-27/h7-8,13-14,22,25,29H,3-6,9-12,15-17H2,1-2H3. The number of rotatable bonds is 10. The molecule has 2 N–H and O–H groups in total. The van der Waals surface area contributed by atoms with Crippen molar-refractivity contribution in [3.8, 4) is 5.75 Å². The van der Waals surface area contributed by atoms with Crippen LogP contribution in [0.3, 0.4) is 0 Å². The lowest BCUT2D eigenvalue weighted by atomic mass is 10.2. The molecule has 7 heteroatoms. The molecular weight excluding hydrogens is 400 g/mol. The zero-order valence-electron chi connectivity index (χ0n) is 18.2. The molecule has 1 unspecified atom stereocenters. The summed E-state index contributed by atoms with van der Waals surface area (Å²) >= 11 is 6.20. The van der Waals surface area contributed by atoms with E-state index in [1.807, 2.05) is 29.8 Å². The van der Waals surface area contributed by atoms with Gasteiger partial charge < -0.3 is 20.1 Å². The number of hydrogen-bond donors (Lipinski definition) is 2. The third-order valence-corrected chi connectivity index (χ3v) is 5.78. The van der Waals surface area contributed by atoms with Crippen molar-refractivity contribution in [3.63, 3.8) is 0 Å². The molecular formula is C23H35ClN4O2. The first-order chi connectivity index (χ1) is 14.5. The summed E-state index contributed by atoms with van der Waals surface area (Å²) in [6.45, 7) is 9.44. The number of likely N-dealkylation sites (tertiary alicyclic amines) is 1. The van der Waals surface area contributed by atoms with Crippen molar-refractivity contribution in [2.45, 2.75) is 58.7 Å². The lowest BCUT2D eigenvalue weighted by Gasteiger charge is -2.23. The molecule has 1 atom stereocenters. The Morgan fingerprint density at radius 3 is 2.63 bits per heavy atom. The monoisotopic (exact) mass is 434 g/mol. The number of halogens is 1. The lowest BCUT2D eigenvalue weighted by Crippen LogP contribution is -2.36. The largest absolute Gasteiger partial charge is 0.491 e. The Morgan fingerprint density at radius 1 is 1.17 bits per heavy atom. The zero-order chi connectivity index (χ0) is 21.3. The van der Waals surface area contributed by atoms with Gasteiger partial charge in [-0.2, -0.15) is 5.10 Å². The Bertz CT molecular complexity index is 788. The molecule has 1 fully saturated rings. The van der Waals surface area contributed by atoms with Gasteiger partial charge in [-0.3, -0.25) is 4.68 Å². The summed E-state index contributed by atoms with van der Waals surface area (Å²) < 4.78 is 7.98. The van der Waals surface area contributed by atoms with Crippen LogP contribution < -0.4 is 10.1 Å². The van der Waals surface area contributed by atoms with Gasteiger partial charge in [0, 0.05) is 35.9 Å². The van der Waals surface area contributed by atoms with E-state index in [0.717, 1.165) is 43.2 Å². The van der Waals surface area contributed by atoms with Crippen molar-refractivity contribution in [2.75, 3.05) is 32.8 Å². The highest BCUT2D eigenvalue weighted by molar-refractivity contribution is 6.30. The van der Waals surface area contributed by atoms with E-state index in [-0.39, 0.29) is 6.61 Å². The van der Waals surface area contributed by atoms with E-state index in [2.05, 4.69) is 28.3 Å². The topological polar surface area (TPSA) is 62.6 Å². The molecule has 0 bridgehead atoms. The van der Waals surface area contributed by atoms with Crippen molar-refractivity contribution >= 4 is 11.6 Å². The van der Waals surface area contributed by atoms with Crippen LogP contribution >= 0.6 is 11.6 Å². The second-order valence-corrected chi connectivity index (χ2v) is 8.70. The molecule has 2 heterocycles. The average Bonchev–Trinajstić information content (AvgIpc) is 2.88. The molecule has 30 heavy (non-hydrogen) atoms. The zero-order valence-corrected chi connectivity index (χ0v) is 19.0. The fourth-order valence-electron chi connectivity index (χ4n) is 3.99. The Hall–Kier alpha value is -1.60. The predicted molar refractivity (Wildman–Crippen MR) is 121 cm³/mol. The van der Waals surface area contributed by atoms with E-state index >= 15 is 0 Å². The van der Waals surface area contributed by atoms with Gasteiger partial charge in [-0.25, -0.2) is 0 Å². The van der Waals surface area contributed by atoms with Gasteiger partial charge in [-0.15, -0.1) is 0 Å². The number of aryl methyl sites for hydroxylation is 2. The quantitative estimate of drug-likeness (QED) is 0.560. The van der Waals surface area contributed by atoms with Gasteiger partial charge in [-0.05, 0) is 64.0 Å². The highest BCUT2D eigenvalue weighted by atomic mass is 35.5. The number of aliphatic hydroxyl groups is 1. The maximum atomic E-state index is 10.5. The SMILES string of the molecule is Cc1cc(C)n(CCNCc2cc(Cl)ccc2OCC(O)CN2CCCCCC2)n1. The molecule has 0 spiro atoms. The summed E-state index contributed by atoms with van der Waals surface area (Å²) in [6, 6.07) is 7.73. The van der Waals surface area contributed by atoms with Crippen LogP contribution in [0.1, 0.15) is 42.6 Å². The molecule has 3 rings (SSSR count). The summed E-state index contributed by atoms with van der Waals surface area (Å²) in [6.07, 6.45) is 4.54. The minimum absolute atomic E-state index is 0.289. The van der Waals surface area contributed by atoms with Gasteiger partial charge in [0.25, 0.3) is 0 Å². The number of aliphatic hydroxyl groups excluding tert-OH is 1. The van der Waals surface area contributed by atoms with E-state index in [1.54, 1.807) is 0 Å². The van der Waals surface area contributed by atoms with Crippen molar-refractivity contribution in [3.05, 3.63) is 46.2 Å². The number of aromatic nitrogens is 2. The molecule has 6 nitrogen and oxygen atoms in total. The van der Waals surface area contributed by atoms with Crippen molar-refractivity contribution < 1.29 is 9.84 Å². The van der Waals surface area contributed by atoms with Crippen LogP contribution in [0.4, 0.5) is 0 Å². The molecule has 0 radical (unpaired) electrons. The predicted octanol–water partition coefficient (Wildman–Crippen LogP) is 3.56. The van der Waals surface area contributed by atoms with Crippen LogP contribution in [0.2, 0.25) is 5.02 Å². The van der Waals surface area contributed by atoms with Crippen LogP contribution in [0.15, 0.2) is 24.3 Å². The highest BCUT2D eigenvalue weighted by Crippen LogP contribution is 2.23. The highest BCUT2D eigenvalue weighted by Gasteiger charge is 2.15. The van der Waals surface area contributed by atoms with Crippen LogP contribution in [-0.2, 0) is 13.1 Å². The maximum absolute atomic E-state index is 10.5. The normalized spacial score (nSPS) is 16.4. The first kappa shape index (κ1) is 23.1. The maximum Gasteiger partial charge on any atom is 0.124 e. The molecule has 0 amide bonds. The third kappa shape index (κ3) is 7.27. The molecule has 0 aliphatic carbocycles. The molecule has 0 saturated carbocycles. The fraction of sp³-hybridized carbons (Fsp3) is 0.609. The molecule has 1 aromatic carbocycles. The van der Waals surface area contributed by atoms with Gasteiger partial charge in [-0.1, -0.05) is 24.4 Å². The van der Waals surface area contributed by atoms with E-state index in [4.69, 9.17) is 16.3 Å². The van der Waals surface area contributed by atoms with Crippen LogP contribution in [0, 0.1) is 13.8 Å². The van der Waals surface area contributed by atoms with Crippen LogP contribution in [0.5, 0.6) is 5.75 Å². The Kier molecular flexibility index (Phi) is 9.00. The van der Waals surface area contributed by atoms with Crippen molar-refractivity contribution in [2.24, 2.45) is 0 Å². The first-order valence-corrected chi connectivity index (χ1v) is 11.4. The van der Waals surface area contributed by atoms with Gasteiger partial charge >= 0.3 is 0 Å². The van der Waals surface area contributed by atoms with E-state index in [9.17, 15) is 5.11 Å².